The molecule has 1 aromatic rings. The Morgan fingerprint density at radius 1 is 1.44 bits per heavy atom. The van der Waals surface area contributed by atoms with E-state index >= 15 is 0 Å². The van der Waals surface area contributed by atoms with Gasteiger partial charge < -0.3 is 9.88 Å². The summed E-state index contributed by atoms with van der Waals surface area (Å²) in [5.74, 6) is 0.202. The zero-order valence-electron chi connectivity index (χ0n) is 9.02. The van der Waals surface area contributed by atoms with Gasteiger partial charge in [0.1, 0.15) is 0 Å². The van der Waals surface area contributed by atoms with E-state index in [1.807, 2.05) is 6.20 Å². The van der Waals surface area contributed by atoms with Crippen molar-refractivity contribution in [1.29, 1.82) is 0 Å². The standard InChI is InChI=1S/C10H15N3O2S/c14-16(15)6-5-13-7-9(12-10(13)16)8-3-1-2-4-11-8/h7-8,11H,1-6H2. The van der Waals surface area contributed by atoms with Gasteiger partial charge in [0.15, 0.2) is 0 Å². The topological polar surface area (TPSA) is 64.0 Å². The SMILES string of the molecule is O=S1(=O)CCn2cc(C3CCCCN3)nc21. The number of nitrogens with zero attached hydrogens (tertiary/aromatic N) is 2. The molecule has 3 rings (SSSR count). The van der Waals surface area contributed by atoms with Gasteiger partial charge in [-0.05, 0) is 19.4 Å². The van der Waals surface area contributed by atoms with Gasteiger partial charge in [0.25, 0.3) is 0 Å². The summed E-state index contributed by atoms with van der Waals surface area (Å²) in [6.07, 6.45) is 5.33. The smallest absolute Gasteiger partial charge is 0.228 e. The molecule has 2 aliphatic rings. The van der Waals surface area contributed by atoms with Crippen molar-refractivity contribution >= 4 is 9.84 Å². The highest BCUT2D eigenvalue weighted by Gasteiger charge is 2.30. The second kappa shape index (κ2) is 3.56. The van der Waals surface area contributed by atoms with E-state index in [4.69, 9.17) is 0 Å². The van der Waals surface area contributed by atoms with Gasteiger partial charge in [-0.25, -0.2) is 13.4 Å². The van der Waals surface area contributed by atoms with Crippen LogP contribution in [0.3, 0.4) is 0 Å². The molecule has 1 aromatic heterocycles. The molecule has 0 saturated carbocycles. The van der Waals surface area contributed by atoms with E-state index in [1.165, 1.54) is 12.8 Å². The summed E-state index contributed by atoms with van der Waals surface area (Å²) in [6, 6.07) is 0.238. The van der Waals surface area contributed by atoms with Gasteiger partial charge in [0.2, 0.25) is 15.0 Å². The highest BCUT2D eigenvalue weighted by molar-refractivity contribution is 7.91. The number of aromatic nitrogens is 2. The number of imidazole rings is 1. The van der Waals surface area contributed by atoms with Crippen LogP contribution in [0.2, 0.25) is 0 Å². The first-order valence-electron chi connectivity index (χ1n) is 5.70. The first kappa shape index (κ1) is 10.3. The zero-order chi connectivity index (χ0) is 11.2. The van der Waals surface area contributed by atoms with Gasteiger partial charge in [-0.3, -0.25) is 0 Å². The molecule has 1 unspecified atom stereocenters. The minimum atomic E-state index is -3.10. The molecule has 3 heterocycles. The van der Waals surface area contributed by atoms with Crippen LogP contribution in [-0.4, -0.2) is 30.3 Å². The lowest BCUT2D eigenvalue weighted by atomic mass is 10.0. The molecule has 88 valence electrons. The van der Waals surface area contributed by atoms with Crippen molar-refractivity contribution in [3.05, 3.63) is 11.9 Å². The Labute approximate surface area is 94.8 Å². The Morgan fingerprint density at radius 2 is 2.31 bits per heavy atom. The summed E-state index contributed by atoms with van der Waals surface area (Å²) < 4.78 is 25.1. The van der Waals surface area contributed by atoms with Crippen LogP contribution >= 0.6 is 0 Å². The number of aryl methyl sites for hydroxylation is 1. The molecule has 0 amide bonds. The molecule has 0 spiro atoms. The van der Waals surface area contributed by atoms with Crippen molar-refractivity contribution < 1.29 is 8.42 Å². The van der Waals surface area contributed by atoms with Crippen LogP contribution in [0, 0.1) is 0 Å². The Hall–Kier alpha value is -0.880. The fourth-order valence-electron chi connectivity index (χ4n) is 2.41. The lowest BCUT2D eigenvalue weighted by Crippen LogP contribution is -2.27. The average Bonchev–Trinajstić information content (AvgIpc) is 2.82. The fraction of sp³-hybridized carbons (Fsp3) is 0.700. The highest BCUT2D eigenvalue weighted by atomic mass is 32.2. The summed E-state index contributed by atoms with van der Waals surface area (Å²) in [6.45, 7) is 1.55. The van der Waals surface area contributed by atoms with Crippen molar-refractivity contribution in [3.63, 3.8) is 0 Å². The van der Waals surface area contributed by atoms with Crippen molar-refractivity contribution in [2.24, 2.45) is 0 Å². The lowest BCUT2D eigenvalue weighted by Gasteiger charge is -2.21. The molecule has 0 bridgehead atoms. The molecule has 0 radical (unpaired) electrons. The van der Waals surface area contributed by atoms with Crippen molar-refractivity contribution in [2.45, 2.75) is 37.0 Å². The minimum Gasteiger partial charge on any atom is -0.321 e. The first-order valence-corrected chi connectivity index (χ1v) is 7.35. The second-order valence-corrected chi connectivity index (χ2v) is 6.47. The number of piperidine rings is 1. The number of rotatable bonds is 1. The molecule has 2 aliphatic heterocycles. The maximum atomic E-state index is 11.6. The van der Waals surface area contributed by atoms with Crippen molar-refractivity contribution in [3.8, 4) is 0 Å². The van der Waals surface area contributed by atoms with Crippen LogP contribution in [0.25, 0.3) is 0 Å². The Kier molecular flexibility index (Phi) is 2.29. The van der Waals surface area contributed by atoms with Crippen LogP contribution < -0.4 is 5.32 Å². The van der Waals surface area contributed by atoms with Crippen LogP contribution in [-0.2, 0) is 16.4 Å². The lowest BCUT2D eigenvalue weighted by molar-refractivity contribution is 0.405. The highest BCUT2D eigenvalue weighted by Crippen LogP contribution is 2.26. The third-order valence-corrected chi connectivity index (χ3v) is 4.91. The third-order valence-electron chi connectivity index (χ3n) is 3.30. The largest absolute Gasteiger partial charge is 0.321 e. The normalized spacial score (nSPS) is 27.9. The van der Waals surface area contributed by atoms with E-state index < -0.39 is 9.84 Å². The summed E-state index contributed by atoms with van der Waals surface area (Å²) in [4.78, 5) is 4.28. The van der Waals surface area contributed by atoms with E-state index in [9.17, 15) is 8.42 Å². The number of hydrogen-bond acceptors (Lipinski definition) is 4. The Morgan fingerprint density at radius 3 is 3.00 bits per heavy atom. The average molecular weight is 241 g/mol. The van der Waals surface area contributed by atoms with Gasteiger partial charge in [0, 0.05) is 12.7 Å². The van der Waals surface area contributed by atoms with E-state index in [1.54, 1.807) is 4.57 Å². The quantitative estimate of drug-likeness (QED) is 0.777. The van der Waals surface area contributed by atoms with Crippen molar-refractivity contribution in [2.75, 3.05) is 12.3 Å². The molecule has 1 N–H and O–H groups in total. The molecule has 16 heavy (non-hydrogen) atoms. The van der Waals surface area contributed by atoms with Gasteiger partial charge in [-0.2, -0.15) is 0 Å². The maximum absolute atomic E-state index is 11.6. The molecule has 0 aromatic carbocycles. The number of fused-ring (bicyclic) bond motifs is 1. The van der Waals surface area contributed by atoms with Crippen LogP contribution in [0.15, 0.2) is 11.4 Å². The Bertz CT molecular complexity index is 500. The molecule has 1 atom stereocenters. The fourth-order valence-corrected chi connectivity index (χ4v) is 3.77. The predicted octanol–water partition coefficient (Wildman–Crippen LogP) is 0.485. The predicted molar refractivity (Wildman–Crippen MR) is 58.9 cm³/mol. The molecule has 1 fully saturated rings. The first-order chi connectivity index (χ1) is 7.67. The van der Waals surface area contributed by atoms with Gasteiger partial charge >= 0.3 is 0 Å². The van der Waals surface area contributed by atoms with E-state index in [-0.39, 0.29) is 17.0 Å². The molecule has 0 aliphatic carbocycles. The minimum absolute atomic E-state index is 0.202. The molecular weight excluding hydrogens is 226 g/mol. The van der Waals surface area contributed by atoms with Crippen LogP contribution in [0.1, 0.15) is 31.0 Å². The van der Waals surface area contributed by atoms with E-state index in [2.05, 4.69) is 10.3 Å². The third kappa shape index (κ3) is 1.56. The van der Waals surface area contributed by atoms with E-state index in [0.717, 1.165) is 18.7 Å². The Balaban J connectivity index is 1.94. The van der Waals surface area contributed by atoms with Gasteiger partial charge in [-0.1, -0.05) is 6.42 Å². The van der Waals surface area contributed by atoms with Crippen LogP contribution in [0.4, 0.5) is 0 Å². The molecule has 1 saturated heterocycles. The summed E-state index contributed by atoms with van der Waals surface area (Å²) in [7, 11) is -3.10. The number of nitrogens with one attached hydrogen (secondary N) is 1. The van der Waals surface area contributed by atoms with Gasteiger partial charge in [0.05, 0.1) is 17.5 Å². The number of sulfone groups is 1. The maximum Gasteiger partial charge on any atom is 0.228 e. The monoisotopic (exact) mass is 241 g/mol. The van der Waals surface area contributed by atoms with E-state index in [0.29, 0.717) is 6.54 Å². The summed E-state index contributed by atoms with van der Waals surface area (Å²) in [5, 5.41) is 3.64. The second-order valence-electron chi connectivity index (χ2n) is 4.46. The molecule has 6 heteroatoms. The van der Waals surface area contributed by atoms with Crippen LogP contribution in [0.5, 0.6) is 0 Å². The summed E-state index contributed by atoms with van der Waals surface area (Å²) >= 11 is 0. The molecular formula is C10H15N3O2S. The van der Waals surface area contributed by atoms with Crippen molar-refractivity contribution in [1.82, 2.24) is 14.9 Å². The summed E-state index contributed by atoms with van der Waals surface area (Å²) in [5.41, 5.74) is 0.887. The molecule has 5 nitrogen and oxygen atoms in total. The number of hydrogen-bond donors (Lipinski definition) is 1. The van der Waals surface area contributed by atoms with Gasteiger partial charge in [-0.15, -0.1) is 0 Å². The zero-order valence-corrected chi connectivity index (χ0v) is 9.83.